The maximum Gasteiger partial charge on any atom is 0.255 e. The van der Waals surface area contributed by atoms with Crippen LogP contribution in [0.2, 0.25) is 10.0 Å². The van der Waals surface area contributed by atoms with Crippen molar-refractivity contribution in [3.05, 3.63) is 52.0 Å². The molecule has 4 nitrogen and oxygen atoms in total. The van der Waals surface area contributed by atoms with Crippen molar-refractivity contribution >= 4 is 46.2 Å². The van der Waals surface area contributed by atoms with Crippen molar-refractivity contribution in [2.24, 2.45) is 0 Å². The molecular weight excluding hydrogens is 357 g/mol. The molecule has 0 bridgehead atoms. The largest absolute Gasteiger partial charge is 0.397 e. The van der Waals surface area contributed by atoms with Gasteiger partial charge in [0.15, 0.2) is 0 Å². The van der Waals surface area contributed by atoms with Gasteiger partial charge in [0.05, 0.1) is 22.1 Å². The number of carbonyl (C=O) groups excluding carboxylic acids is 1. The lowest BCUT2D eigenvalue weighted by Crippen LogP contribution is -2.37. The number of carbonyl (C=O) groups is 1. The lowest BCUT2D eigenvalue weighted by Gasteiger charge is -2.36. The van der Waals surface area contributed by atoms with Gasteiger partial charge in [-0.25, -0.2) is 0 Å². The van der Waals surface area contributed by atoms with Gasteiger partial charge in [0.1, 0.15) is 0 Å². The van der Waals surface area contributed by atoms with Crippen molar-refractivity contribution in [1.29, 1.82) is 0 Å². The van der Waals surface area contributed by atoms with Crippen molar-refractivity contribution in [1.82, 2.24) is 0 Å². The predicted octanol–water partition coefficient (Wildman–Crippen LogP) is 5.21. The van der Waals surface area contributed by atoms with Crippen LogP contribution in [-0.4, -0.2) is 18.5 Å². The van der Waals surface area contributed by atoms with Crippen LogP contribution in [0, 0.1) is 0 Å². The zero-order chi connectivity index (χ0) is 18.0. The van der Waals surface area contributed by atoms with Gasteiger partial charge in [-0.3, -0.25) is 4.79 Å². The Balaban J connectivity index is 1.88. The minimum absolute atomic E-state index is 0.258. The van der Waals surface area contributed by atoms with Crippen LogP contribution < -0.4 is 16.0 Å². The molecule has 2 aromatic carbocycles. The molecule has 3 N–H and O–H groups in total. The summed E-state index contributed by atoms with van der Waals surface area (Å²) in [6.07, 6.45) is 3.49. The SMILES string of the molecule is CC1CCCCN1c1cc(NC(=O)c2cccc(Cl)c2)c(Cl)cc1N. The highest BCUT2D eigenvalue weighted by molar-refractivity contribution is 6.34. The van der Waals surface area contributed by atoms with Crippen LogP contribution in [0.25, 0.3) is 0 Å². The smallest absolute Gasteiger partial charge is 0.255 e. The van der Waals surface area contributed by atoms with Gasteiger partial charge in [-0.1, -0.05) is 29.3 Å². The number of nitrogens with zero attached hydrogens (tertiary/aromatic N) is 1. The topological polar surface area (TPSA) is 58.4 Å². The summed E-state index contributed by atoms with van der Waals surface area (Å²) in [6, 6.07) is 10.8. The Labute approximate surface area is 157 Å². The number of halogens is 2. The summed E-state index contributed by atoms with van der Waals surface area (Å²) in [6.45, 7) is 3.14. The molecule has 1 unspecified atom stereocenters. The minimum Gasteiger partial charge on any atom is -0.397 e. The summed E-state index contributed by atoms with van der Waals surface area (Å²) in [5.41, 5.74) is 8.76. The molecule has 0 aromatic heterocycles. The maximum atomic E-state index is 12.5. The van der Waals surface area contributed by atoms with Crippen molar-refractivity contribution in [2.45, 2.75) is 32.2 Å². The van der Waals surface area contributed by atoms with E-state index in [1.807, 2.05) is 6.07 Å². The highest BCUT2D eigenvalue weighted by Crippen LogP contribution is 2.36. The number of benzene rings is 2. The molecule has 1 fully saturated rings. The molecule has 1 amide bonds. The molecule has 0 radical (unpaired) electrons. The molecular formula is C19H21Cl2N3O. The van der Waals surface area contributed by atoms with E-state index >= 15 is 0 Å². The predicted molar refractivity (Wildman–Crippen MR) is 106 cm³/mol. The van der Waals surface area contributed by atoms with Gasteiger partial charge in [-0.15, -0.1) is 0 Å². The standard InChI is InChI=1S/C19H21Cl2N3O/c1-12-5-2-3-8-24(12)18-11-17(15(21)10-16(18)22)23-19(25)13-6-4-7-14(20)9-13/h4,6-7,9-12H,2-3,5,8,22H2,1H3,(H,23,25). The van der Waals surface area contributed by atoms with Crippen molar-refractivity contribution < 1.29 is 4.79 Å². The summed E-state index contributed by atoms with van der Waals surface area (Å²) in [5, 5.41) is 3.79. The quantitative estimate of drug-likeness (QED) is 0.721. The lowest BCUT2D eigenvalue weighted by molar-refractivity contribution is 0.102. The number of anilines is 3. The third-order valence-electron chi connectivity index (χ3n) is 4.56. The van der Waals surface area contributed by atoms with Gasteiger partial charge in [0, 0.05) is 23.2 Å². The molecule has 0 aliphatic carbocycles. The van der Waals surface area contributed by atoms with E-state index in [0.717, 1.165) is 25.1 Å². The molecule has 25 heavy (non-hydrogen) atoms. The summed E-state index contributed by atoms with van der Waals surface area (Å²) >= 11 is 12.3. The van der Waals surface area contributed by atoms with E-state index in [9.17, 15) is 4.79 Å². The van der Waals surface area contributed by atoms with Crippen LogP contribution in [0.5, 0.6) is 0 Å². The normalized spacial score (nSPS) is 17.4. The number of nitrogens with one attached hydrogen (secondary N) is 1. The number of nitrogens with two attached hydrogens (primary N) is 1. The summed E-state index contributed by atoms with van der Waals surface area (Å²) in [5.74, 6) is -0.258. The Morgan fingerprint density at radius 3 is 2.76 bits per heavy atom. The van der Waals surface area contributed by atoms with E-state index in [0.29, 0.717) is 33.0 Å². The number of piperidine rings is 1. The third kappa shape index (κ3) is 4.02. The molecule has 0 spiro atoms. The molecule has 2 aromatic rings. The van der Waals surface area contributed by atoms with Gasteiger partial charge in [0.25, 0.3) is 5.91 Å². The number of rotatable bonds is 3. The lowest BCUT2D eigenvalue weighted by atomic mass is 10.0. The van der Waals surface area contributed by atoms with Crippen LogP contribution in [0.1, 0.15) is 36.5 Å². The first-order valence-corrected chi connectivity index (χ1v) is 9.14. The maximum absolute atomic E-state index is 12.5. The molecule has 132 valence electrons. The third-order valence-corrected chi connectivity index (χ3v) is 5.11. The van der Waals surface area contributed by atoms with Crippen LogP contribution in [0.3, 0.4) is 0 Å². The van der Waals surface area contributed by atoms with Crippen molar-refractivity contribution in [3.63, 3.8) is 0 Å². The number of hydrogen-bond donors (Lipinski definition) is 2. The Bertz CT molecular complexity index is 794. The van der Waals surface area contributed by atoms with E-state index in [4.69, 9.17) is 28.9 Å². The first-order chi connectivity index (χ1) is 12.0. The Hall–Kier alpha value is -1.91. The highest BCUT2D eigenvalue weighted by atomic mass is 35.5. The Morgan fingerprint density at radius 2 is 2.04 bits per heavy atom. The summed E-state index contributed by atoms with van der Waals surface area (Å²) < 4.78 is 0. The van der Waals surface area contributed by atoms with Crippen LogP contribution in [-0.2, 0) is 0 Å². The Morgan fingerprint density at radius 1 is 1.24 bits per heavy atom. The molecule has 1 aliphatic rings. The molecule has 1 saturated heterocycles. The van der Waals surface area contributed by atoms with Gasteiger partial charge >= 0.3 is 0 Å². The Kier molecular flexibility index (Phi) is 5.40. The van der Waals surface area contributed by atoms with Gasteiger partial charge < -0.3 is 16.0 Å². The first kappa shape index (κ1) is 17.9. The molecule has 3 rings (SSSR count). The average Bonchev–Trinajstić information content (AvgIpc) is 2.58. The van der Waals surface area contributed by atoms with E-state index < -0.39 is 0 Å². The second-order valence-corrected chi connectivity index (χ2v) is 7.24. The number of nitrogen functional groups attached to an aromatic ring is 1. The molecule has 0 saturated carbocycles. The van der Waals surface area contributed by atoms with Gasteiger partial charge in [-0.05, 0) is 56.5 Å². The van der Waals surface area contributed by atoms with Crippen LogP contribution >= 0.6 is 23.2 Å². The first-order valence-electron chi connectivity index (χ1n) is 8.38. The van der Waals surface area contributed by atoms with E-state index in [-0.39, 0.29) is 5.91 Å². The van der Waals surface area contributed by atoms with E-state index in [1.165, 1.54) is 6.42 Å². The average molecular weight is 378 g/mol. The summed E-state index contributed by atoms with van der Waals surface area (Å²) in [4.78, 5) is 14.8. The highest BCUT2D eigenvalue weighted by Gasteiger charge is 2.22. The second kappa shape index (κ2) is 7.54. The fraction of sp³-hybridized carbons (Fsp3) is 0.316. The number of hydrogen-bond acceptors (Lipinski definition) is 3. The monoisotopic (exact) mass is 377 g/mol. The zero-order valence-corrected chi connectivity index (χ0v) is 15.6. The van der Waals surface area contributed by atoms with Crippen molar-refractivity contribution in [2.75, 3.05) is 22.5 Å². The zero-order valence-electron chi connectivity index (χ0n) is 14.1. The van der Waals surface area contributed by atoms with E-state index in [2.05, 4.69) is 17.1 Å². The molecule has 1 aliphatic heterocycles. The van der Waals surface area contributed by atoms with E-state index in [1.54, 1.807) is 30.3 Å². The fourth-order valence-corrected chi connectivity index (χ4v) is 3.61. The van der Waals surface area contributed by atoms with Gasteiger partial charge in [-0.2, -0.15) is 0 Å². The second-order valence-electron chi connectivity index (χ2n) is 6.39. The molecule has 1 heterocycles. The molecule has 1 atom stereocenters. The van der Waals surface area contributed by atoms with Crippen LogP contribution in [0.4, 0.5) is 17.1 Å². The fourth-order valence-electron chi connectivity index (χ4n) is 3.20. The number of amides is 1. The van der Waals surface area contributed by atoms with Crippen molar-refractivity contribution in [3.8, 4) is 0 Å². The minimum atomic E-state index is -0.258. The van der Waals surface area contributed by atoms with Gasteiger partial charge in [0.2, 0.25) is 0 Å². The summed E-state index contributed by atoms with van der Waals surface area (Å²) in [7, 11) is 0. The molecule has 6 heteroatoms. The van der Waals surface area contributed by atoms with Crippen LogP contribution in [0.15, 0.2) is 36.4 Å².